The van der Waals surface area contributed by atoms with E-state index in [4.69, 9.17) is 9.47 Å². The fourth-order valence-electron chi connectivity index (χ4n) is 2.66. The maximum absolute atomic E-state index is 12.4. The number of benzene rings is 1. The SMILES string of the molecule is O=C(NCc1ccc2c(c1)OCCCO2)c1cn2cc(Br)ccc2n1. The molecule has 0 bridgehead atoms. The Bertz CT molecular complexity index is 938. The number of pyridine rings is 1. The summed E-state index contributed by atoms with van der Waals surface area (Å²) in [5.41, 5.74) is 2.06. The number of hydrogen-bond acceptors (Lipinski definition) is 4. The van der Waals surface area contributed by atoms with Gasteiger partial charge in [0.2, 0.25) is 0 Å². The third-order valence-corrected chi connectivity index (χ3v) is 4.38. The zero-order chi connectivity index (χ0) is 17.2. The minimum Gasteiger partial charge on any atom is -0.490 e. The Balaban J connectivity index is 1.46. The Morgan fingerprint density at radius 2 is 2.00 bits per heavy atom. The van der Waals surface area contributed by atoms with E-state index < -0.39 is 0 Å². The smallest absolute Gasteiger partial charge is 0.271 e. The number of hydrogen-bond donors (Lipinski definition) is 1. The molecule has 1 N–H and O–H groups in total. The van der Waals surface area contributed by atoms with Crippen molar-refractivity contribution in [2.45, 2.75) is 13.0 Å². The van der Waals surface area contributed by atoms with Crippen molar-refractivity contribution in [3.63, 3.8) is 0 Å². The number of fused-ring (bicyclic) bond motifs is 2. The van der Waals surface area contributed by atoms with E-state index in [1.165, 1.54) is 0 Å². The first-order valence-corrected chi connectivity index (χ1v) is 8.79. The van der Waals surface area contributed by atoms with Crippen LogP contribution in [0.2, 0.25) is 0 Å². The third-order valence-electron chi connectivity index (χ3n) is 3.91. The molecule has 4 rings (SSSR count). The number of imidazole rings is 1. The van der Waals surface area contributed by atoms with Gasteiger partial charge in [-0.3, -0.25) is 4.79 Å². The van der Waals surface area contributed by atoms with Gasteiger partial charge < -0.3 is 19.2 Å². The molecule has 1 aromatic carbocycles. The predicted molar refractivity (Wildman–Crippen MR) is 96.1 cm³/mol. The van der Waals surface area contributed by atoms with Gasteiger partial charge >= 0.3 is 0 Å². The van der Waals surface area contributed by atoms with Crippen LogP contribution < -0.4 is 14.8 Å². The highest BCUT2D eigenvalue weighted by Crippen LogP contribution is 2.30. The zero-order valence-electron chi connectivity index (χ0n) is 13.4. The van der Waals surface area contributed by atoms with Crippen molar-refractivity contribution in [3.8, 4) is 11.5 Å². The number of nitrogens with one attached hydrogen (secondary N) is 1. The molecule has 0 aliphatic carbocycles. The minimum atomic E-state index is -0.216. The van der Waals surface area contributed by atoms with Gasteiger partial charge in [0.05, 0.1) is 13.2 Å². The number of halogens is 1. The number of aromatic nitrogens is 2. The van der Waals surface area contributed by atoms with Crippen molar-refractivity contribution in [3.05, 3.63) is 58.5 Å². The molecule has 25 heavy (non-hydrogen) atoms. The van der Waals surface area contributed by atoms with Gasteiger partial charge in [0.25, 0.3) is 5.91 Å². The molecule has 0 saturated heterocycles. The van der Waals surface area contributed by atoms with Crippen molar-refractivity contribution in [2.24, 2.45) is 0 Å². The summed E-state index contributed by atoms with van der Waals surface area (Å²) in [5, 5.41) is 2.89. The summed E-state index contributed by atoms with van der Waals surface area (Å²) in [6, 6.07) is 9.45. The van der Waals surface area contributed by atoms with Gasteiger partial charge in [-0.2, -0.15) is 0 Å². The van der Waals surface area contributed by atoms with Gasteiger partial charge in [0.15, 0.2) is 11.5 Å². The first-order valence-electron chi connectivity index (χ1n) is 8.00. The van der Waals surface area contributed by atoms with Crippen molar-refractivity contribution in [2.75, 3.05) is 13.2 Å². The number of nitrogens with zero attached hydrogens (tertiary/aromatic N) is 2. The van der Waals surface area contributed by atoms with E-state index in [2.05, 4.69) is 26.2 Å². The molecular weight excluding hydrogens is 386 g/mol. The first-order chi connectivity index (χ1) is 12.2. The third kappa shape index (κ3) is 3.46. The lowest BCUT2D eigenvalue weighted by Crippen LogP contribution is -2.23. The second kappa shape index (κ2) is 6.76. The summed E-state index contributed by atoms with van der Waals surface area (Å²) in [6.45, 7) is 1.69. The van der Waals surface area contributed by atoms with Gasteiger partial charge in [0.1, 0.15) is 11.3 Å². The quantitative estimate of drug-likeness (QED) is 0.731. The molecule has 7 heteroatoms. The molecule has 0 spiro atoms. The van der Waals surface area contributed by atoms with Crippen LogP contribution in [0, 0.1) is 0 Å². The summed E-state index contributed by atoms with van der Waals surface area (Å²) in [4.78, 5) is 16.7. The maximum atomic E-state index is 12.4. The number of amides is 1. The molecule has 1 amide bonds. The molecule has 1 aliphatic heterocycles. The van der Waals surface area contributed by atoms with Crippen LogP contribution in [0.3, 0.4) is 0 Å². The lowest BCUT2D eigenvalue weighted by Gasteiger charge is -2.09. The molecule has 0 fully saturated rings. The first kappa shape index (κ1) is 16.0. The van der Waals surface area contributed by atoms with Crippen LogP contribution in [0.15, 0.2) is 47.2 Å². The molecule has 0 unspecified atom stereocenters. The Morgan fingerprint density at radius 3 is 2.88 bits per heavy atom. The molecule has 1 aliphatic rings. The van der Waals surface area contributed by atoms with E-state index in [9.17, 15) is 4.79 Å². The Hall–Kier alpha value is -2.54. The Labute approximate surface area is 152 Å². The average molecular weight is 402 g/mol. The van der Waals surface area contributed by atoms with Crippen LogP contribution in [-0.4, -0.2) is 28.5 Å². The van der Waals surface area contributed by atoms with Gasteiger partial charge in [-0.1, -0.05) is 6.07 Å². The second-order valence-electron chi connectivity index (χ2n) is 5.75. The summed E-state index contributed by atoms with van der Waals surface area (Å²) < 4.78 is 14.0. The fourth-order valence-corrected chi connectivity index (χ4v) is 3.02. The molecule has 0 saturated carbocycles. The van der Waals surface area contributed by atoms with Crippen molar-refractivity contribution < 1.29 is 14.3 Å². The number of carbonyl (C=O) groups is 1. The molecule has 0 atom stereocenters. The van der Waals surface area contributed by atoms with Gasteiger partial charge in [-0.15, -0.1) is 0 Å². The van der Waals surface area contributed by atoms with Gasteiger partial charge in [-0.25, -0.2) is 4.98 Å². The van der Waals surface area contributed by atoms with Crippen LogP contribution in [-0.2, 0) is 6.54 Å². The lowest BCUT2D eigenvalue weighted by atomic mass is 10.2. The minimum absolute atomic E-state index is 0.216. The summed E-state index contributed by atoms with van der Waals surface area (Å²) in [5.74, 6) is 1.26. The van der Waals surface area contributed by atoms with Crippen LogP contribution in [0.5, 0.6) is 11.5 Å². The molecule has 128 valence electrons. The molecule has 6 nitrogen and oxygen atoms in total. The van der Waals surface area contributed by atoms with Crippen molar-refractivity contribution >= 4 is 27.5 Å². The monoisotopic (exact) mass is 401 g/mol. The molecule has 2 aromatic heterocycles. The molecule has 3 heterocycles. The molecule has 3 aromatic rings. The van der Waals surface area contributed by atoms with E-state index in [1.807, 2.05) is 40.9 Å². The second-order valence-corrected chi connectivity index (χ2v) is 6.67. The van der Waals surface area contributed by atoms with E-state index >= 15 is 0 Å². The van der Waals surface area contributed by atoms with E-state index in [-0.39, 0.29) is 5.91 Å². The van der Waals surface area contributed by atoms with E-state index in [1.54, 1.807) is 6.20 Å². The number of rotatable bonds is 3. The molecular formula is C18H16BrN3O3. The number of carbonyl (C=O) groups excluding carboxylic acids is 1. The fraction of sp³-hybridized carbons (Fsp3) is 0.222. The van der Waals surface area contributed by atoms with E-state index in [0.717, 1.165) is 33.6 Å². The summed E-state index contributed by atoms with van der Waals surface area (Å²) in [6.07, 6.45) is 4.44. The van der Waals surface area contributed by atoms with Crippen molar-refractivity contribution in [1.29, 1.82) is 0 Å². The Kier molecular flexibility index (Phi) is 4.31. The van der Waals surface area contributed by atoms with Gasteiger partial charge in [-0.05, 0) is 45.8 Å². The maximum Gasteiger partial charge on any atom is 0.271 e. The van der Waals surface area contributed by atoms with E-state index in [0.29, 0.717) is 25.5 Å². The number of ether oxygens (including phenoxy) is 2. The van der Waals surface area contributed by atoms with Crippen molar-refractivity contribution in [1.82, 2.24) is 14.7 Å². The van der Waals surface area contributed by atoms with Crippen LogP contribution in [0.4, 0.5) is 0 Å². The zero-order valence-corrected chi connectivity index (χ0v) is 15.0. The standard InChI is InChI=1S/C18H16BrN3O3/c19-13-3-5-17-21-14(11-22(17)10-13)18(23)20-9-12-2-4-15-16(8-12)25-7-1-6-24-15/h2-5,8,10-11H,1,6-7,9H2,(H,20,23). The topological polar surface area (TPSA) is 64.9 Å². The highest BCUT2D eigenvalue weighted by Gasteiger charge is 2.13. The lowest BCUT2D eigenvalue weighted by molar-refractivity contribution is 0.0946. The Morgan fingerprint density at radius 1 is 1.16 bits per heavy atom. The van der Waals surface area contributed by atoms with Gasteiger partial charge in [0, 0.05) is 29.8 Å². The highest BCUT2D eigenvalue weighted by molar-refractivity contribution is 9.10. The highest BCUT2D eigenvalue weighted by atomic mass is 79.9. The van der Waals surface area contributed by atoms with Crippen LogP contribution in [0.1, 0.15) is 22.5 Å². The predicted octanol–water partition coefficient (Wildman–Crippen LogP) is 3.19. The molecule has 0 radical (unpaired) electrons. The largest absolute Gasteiger partial charge is 0.490 e. The average Bonchev–Trinajstić information content (AvgIpc) is 2.89. The normalized spacial score (nSPS) is 13.5. The van der Waals surface area contributed by atoms with Crippen LogP contribution in [0.25, 0.3) is 5.65 Å². The summed E-state index contributed by atoms with van der Waals surface area (Å²) in [7, 11) is 0. The summed E-state index contributed by atoms with van der Waals surface area (Å²) >= 11 is 3.40. The van der Waals surface area contributed by atoms with Crippen LogP contribution >= 0.6 is 15.9 Å².